The van der Waals surface area contributed by atoms with Crippen LogP contribution in [0.2, 0.25) is 0 Å². The lowest BCUT2D eigenvalue weighted by atomic mass is 9.58. The number of nitrogens with two attached hydrogens (primary N) is 1. The number of hydrazone groups is 1. The maximum Gasteiger partial charge on any atom is 0.433 e. The van der Waals surface area contributed by atoms with E-state index in [-0.39, 0.29) is 48.1 Å². The van der Waals surface area contributed by atoms with Crippen molar-refractivity contribution >= 4 is 76.0 Å². The van der Waals surface area contributed by atoms with Gasteiger partial charge in [0.2, 0.25) is 23.2 Å². The number of hydrazine groups is 1. The van der Waals surface area contributed by atoms with Gasteiger partial charge in [0.25, 0.3) is 11.6 Å². The van der Waals surface area contributed by atoms with E-state index in [2.05, 4.69) is 25.9 Å². The first-order valence-electron chi connectivity index (χ1n) is 18.8. The number of Topliss-reactive ketones (excluding diaryl/α,β-unsaturated/α-hetero) is 2. The van der Waals surface area contributed by atoms with Gasteiger partial charge in [-0.1, -0.05) is 0 Å². The van der Waals surface area contributed by atoms with Gasteiger partial charge < -0.3 is 40.1 Å². The molecule has 4 amide bonds. The molecule has 1 aliphatic heterocycles. The van der Waals surface area contributed by atoms with Crippen LogP contribution >= 0.6 is 11.3 Å². The molecule has 0 unspecified atom stereocenters. The monoisotopic (exact) mass is 951 g/mol. The average molecular weight is 952 g/mol. The summed E-state index contributed by atoms with van der Waals surface area (Å²) in [5.41, 5.74) is 5.63. The van der Waals surface area contributed by atoms with Crippen LogP contribution in [0.25, 0.3) is 11.5 Å². The van der Waals surface area contributed by atoms with E-state index in [0.29, 0.717) is 23.0 Å². The number of fused-ring (bicyclic) bond motifs is 3. The minimum atomic E-state index is -2.75. The van der Waals surface area contributed by atoms with Gasteiger partial charge >= 0.3 is 17.8 Å². The fourth-order valence-electron chi connectivity index (χ4n) is 7.64. The normalized spacial score (nSPS) is 20.8. The molecule has 0 bridgehead atoms. The van der Waals surface area contributed by atoms with Crippen LogP contribution in [0.5, 0.6) is 5.75 Å². The number of nitrogens with zero attached hydrogens (tertiary/aromatic N) is 8. The van der Waals surface area contributed by atoms with Gasteiger partial charge in [-0.25, -0.2) is 14.8 Å². The minimum Gasteiger partial charge on any atom is -0.510 e. The van der Waals surface area contributed by atoms with Crippen molar-refractivity contribution in [1.29, 1.82) is 0 Å². The minimum absolute atomic E-state index is 0.0295. The summed E-state index contributed by atoms with van der Waals surface area (Å²) in [5.74, 6) is -8.62. The van der Waals surface area contributed by atoms with Crippen molar-refractivity contribution in [3.05, 3.63) is 112 Å². The highest BCUT2D eigenvalue weighted by atomic mass is 32.1. The molecule has 9 N–H and O–H groups in total. The Morgan fingerprint density at radius 3 is 2.25 bits per heavy atom. The van der Waals surface area contributed by atoms with Crippen molar-refractivity contribution in [3.63, 3.8) is 0 Å². The van der Waals surface area contributed by atoms with Crippen molar-refractivity contribution < 1.29 is 73.1 Å². The van der Waals surface area contributed by atoms with Gasteiger partial charge in [0.1, 0.15) is 44.9 Å². The number of aliphatic hydroxyl groups is 4. The molecule has 0 saturated heterocycles. The number of phenolic OH excluding ortho intramolecular Hbond substituents is 1. The molecular formula is C37H33N11O18S. The number of furan rings is 2. The fourth-order valence-corrected chi connectivity index (χ4v) is 8.30. The average Bonchev–Trinajstić information content (AvgIpc) is 4.09. The number of ketones is 2. The number of thiazole rings is 1. The Labute approximate surface area is 375 Å². The van der Waals surface area contributed by atoms with Crippen molar-refractivity contribution in [3.8, 4) is 17.2 Å². The number of primary amides is 1. The van der Waals surface area contributed by atoms with Gasteiger partial charge in [-0.15, -0.1) is 11.3 Å². The summed E-state index contributed by atoms with van der Waals surface area (Å²) in [4.78, 5) is 98.4. The van der Waals surface area contributed by atoms with E-state index in [0.717, 1.165) is 23.4 Å². The van der Waals surface area contributed by atoms with E-state index < -0.39 is 102 Å². The second-order valence-corrected chi connectivity index (χ2v) is 15.4. The molecule has 4 heterocycles. The first kappa shape index (κ1) is 47.6. The van der Waals surface area contributed by atoms with Crippen LogP contribution in [-0.4, -0.2) is 130 Å². The number of aromatic hydroxyl groups is 1. The highest BCUT2D eigenvalue weighted by Gasteiger charge is 2.63. The number of likely N-dealkylation sites (N-methyl/N-ethyl adjacent to an activating group) is 1. The SMILES string of the molecule is CN(C)[C@@H]1C(O)=C(C(N)=O)C(=O)[C@@]2(O)C(O)=C3C(=O)c4c(O)ccc([N+](=O)[O-])c4C[C@H]3C[C@@H]12.O=C1N=C(O)CN1/N=C/c1ccc([N+](=O)[O-])o1.O=CNNc1nc(-c2ccc([N+](=O)[O-])o2)cs1. The molecule has 8 rings (SSSR count). The number of allylic oxidation sites excluding steroid dienone is 1. The first-order chi connectivity index (χ1) is 31.6. The largest absolute Gasteiger partial charge is 0.510 e. The predicted molar refractivity (Wildman–Crippen MR) is 225 cm³/mol. The molecule has 0 spiro atoms. The molecule has 4 aliphatic rings. The van der Waals surface area contributed by atoms with E-state index >= 15 is 0 Å². The molecule has 1 aromatic carbocycles. The van der Waals surface area contributed by atoms with Crippen LogP contribution in [-0.2, 0) is 20.8 Å². The highest BCUT2D eigenvalue weighted by Crippen LogP contribution is 2.53. The van der Waals surface area contributed by atoms with Gasteiger partial charge in [-0.3, -0.25) is 65.3 Å². The van der Waals surface area contributed by atoms with Gasteiger partial charge in [-0.05, 0) is 51.1 Å². The molecular weight excluding hydrogens is 919 g/mol. The number of benzene rings is 1. The van der Waals surface area contributed by atoms with Gasteiger partial charge in [0.05, 0.1) is 34.9 Å². The summed E-state index contributed by atoms with van der Waals surface area (Å²) in [6.07, 6.45) is 1.32. The third kappa shape index (κ3) is 9.09. The van der Waals surface area contributed by atoms with Gasteiger partial charge in [0.15, 0.2) is 22.9 Å². The van der Waals surface area contributed by atoms with Crippen LogP contribution in [0, 0.1) is 42.2 Å². The van der Waals surface area contributed by atoms with Crippen molar-refractivity contribution in [1.82, 2.24) is 20.3 Å². The second kappa shape index (κ2) is 18.7. The number of carbonyl (C=O) groups is 5. The summed E-state index contributed by atoms with van der Waals surface area (Å²) in [6, 6.07) is 5.43. The van der Waals surface area contributed by atoms with Crippen molar-refractivity contribution in [2.24, 2.45) is 27.7 Å². The van der Waals surface area contributed by atoms with Crippen LogP contribution in [0.1, 0.15) is 28.1 Å². The Kier molecular flexibility index (Phi) is 13.3. The molecule has 3 aromatic heterocycles. The van der Waals surface area contributed by atoms with Gasteiger partial charge in [-0.2, -0.15) is 10.1 Å². The van der Waals surface area contributed by atoms with E-state index in [1.807, 2.05) is 0 Å². The number of aliphatic hydroxyl groups excluding tert-OH is 3. The number of anilines is 1. The van der Waals surface area contributed by atoms with Crippen LogP contribution in [0.4, 0.5) is 27.4 Å². The number of hydrogen-bond donors (Lipinski definition) is 8. The molecule has 350 valence electrons. The first-order valence-corrected chi connectivity index (χ1v) is 19.6. The number of hydrogen-bond acceptors (Lipinski definition) is 22. The van der Waals surface area contributed by atoms with Gasteiger partial charge in [0, 0.05) is 28.5 Å². The number of urea groups is 1. The zero-order valence-corrected chi connectivity index (χ0v) is 35.0. The summed E-state index contributed by atoms with van der Waals surface area (Å²) < 4.78 is 9.76. The molecule has 67 heavy (non-hydrogen) atoms. The number of rotatable bonds is 11. The fraction of sp³-hybridized carbons (Fsp3) is 0.243. The topological polar surface area (TPSA) is 436 Å². The summed E-state index contributed by atoms with van der Waals surface area (Å²) in [5, 5.41) is 91.3. The zero-order chi connectivity index (χ0) is 49.2. The Hall–Kier alpha value is -8.90. The Morgan fingerprint density at radius 2 is 1.69 bits per heavy atom. The lowest BCUT2D eigenvalue weighted by Crippen LogP contribution is -2.63. The molecule has 4 aromatic rings. The number of aliphatic imine (C=N–C) groups is 1. The summed E-state index contributed by atoms with van der Waals surface area (Å²) in [6.45, 7) is -0.127. The van der Waals surface area contributed by atoms with E-state index in [1.165, 1.54) is 54.6 Å². The maximum absolute atomic E-state index is 13.3. The molecule has 29 nitrogen and oxygen atoms in total. The Bertz CT molecular complexity index is 2880. The van der Waals surface area contributed by atoms with Crippen LogP contribution in [0.3, 0.4) is 0 Å². The third-order valence-corrected chi connectivity index (χ3v) is 11.2. The number of phenols is 1. The van der Waals surface area contributed by atoms with Crippen molar-refractivity contribution in [2.45, 2.75) is 24.5 Å². The quantitative estimate of drug-likeness (QED) is 0.0351. The van der Waals surface area contributed by atoms with Crippen LogP contribution < -0.4 is 16.6 Å². The third-order valence-electron chi connectivity index (χ3n) is 10.4. The molecule has 0 saturated carbocycles. The molecule has 3 aliphatic carbocycles. The maximum atomic E-state index is 13.3. The predicted octanol–water partition coefficient (Wildman–Crippen LogP) is 2.33. The lowest BCUT2D eigenvalue weighted by molar-refractivity contribution is -0.402. The summed E-state index contributed by atoms with van der Waals surface area (Å²) in [7, 11) is 3.02. The number of carbonyl (C=O) groups excluding carboxylic acids is 5. The smallest absolute Gasteiger partial charge is 0.433 e. The second-order valence-electron chi connectivity index (χ2n) is 14.5. The standard InChI is InChI=1S/C21H21N3O9.C8H6N4O5.C8H6N4O4S/c1-23(2)15-9-6-7-5-8-10(24(32)33)3-4-11(25)13(8)16(26)12(7)18(28)21(9,31)19(29)14(17(15)27)20(22)30;13-6-4-11(8(14)10-6)9-3-5-1-2-7(17-5)12(15)16;13-4-9-11-8-10-5(3-17-8)6-1-2-7(16-6)12(14)15/h3-4,7,9,15,25,27-28,31H,5-6H2,1-2H3,(H2,22,30);1-3H,4H2,(H,10,13,14);1-4H,(H,9,13)(H,10,11)/b;9-3+;/t7-,9-,15-,21-;;/m0../s1. The molecule has 30 heteroatoms. The highest BCUT2D eigenvalue weighted by molar-refractivity contribution is 7.14. The number of nitro groups is 3. The number of nitro benzene ring substituents is 1. The lowest BCUT2D eigenvalue weighted by Gasteiger charge is -2.50. The number of aromatic nitrogens is 1. The Morgan fingerprint density at radius 1 is 1.01 bits per heavy atom. The molecule has 4 atom stereocenters. The molecule has 0 fully saturated rings. The number of nitrogens with one attached hydrogen (secondary N) is 2. The number of amides is 4. The van der Waals surface area contributed by atoms with Crippen molar-refractivity contribution in [2.75, 3.05) is 26.1 Å². The van der Waals surface area contributed by atoms with E-state index in [4.69, 9.17) is 19.7 Å². The molecule has 0 radical (unpaired) electrons. The van der Waals surface area contributed by atoms with E-state index in [1.54, 1.807) is 5.38 Å². The zero-order valence-electron chi connectivity index (χ0n) is 34.2. The Balaban J connectivity index is 0.000000183. The summed E-state index contributed by atoms with van der Waals surface area (Å²) >= 11 is 1.23. The van der Waals surface area contributed by atoms with Crippen LogP contribution in [0.15, 0.2) is 83.4 Å². The van der Waals surface area contributed by atoms with E-state index in [9.17, 15) is 74.7 Å².